The number of benzene rings is 1. The summed E-state index contributed by atoms with van der Waals surface area (Å²) in [4.78, 5) is 25.2. The number of rotatable bonds is 2. The van der Waals surface area contributed by atoms with Gasteiger partial charge in [0.25, 0.3) is 11.7 Å². The molecular formula is C11H5Cl2N3O2S. The highest BCUT2D eigenvalue weighted by atomic mass is 35.5. The number of Topliss-reactive ketones (excluding diaryl/α,β-unsaturated/α-hetero) is 1. The molecule has 0 unspecified atom stereocenters. The number of ketones is 1. The highest BCUT2D eigenvalue weighted by Crippen LogP contribution is 2.35. The smallest absolute Gasteiger partial charge is 0.298 e. The fourth-order valence-corrected chi connectivity index (χ4v) is 3.00. The maximum Gasteiger partial charge on any atom is 0.299 e. The van der Waals surface area contributed by atoms with Gasteiger partial charge in [0.1, 0.15) is 5.01 Å². The molecule has 5 nitrogen and oxygen atoms in total. The van der Waals surface area contributed by atoms with Crippen LogP contribution in [0.15, 0.2) is 18.2 Å². The van der Waals surface area contributed by atoms with Gasteiger partial charge in [0.2, 0.25) is 4.47 Å². The normalized spacial score (nSPS) is 14.1. The molecule has 0 atom stereocenters. The van der Waals surface area contributed by atoms with Crippen molar-refractivity contribution in [2.24, 2.45) is 0 Å². The minimum Gasteiger partial charge on any atom is -0.298 e. The van der Waals surface area contributed by atoms with Gasteiger partial charge in [-0.05, 0) is 23.7 Å². The van der Waals surface area contributed by atoms with Gasteiger partial charge in [-0.3, -0.25) is 14.5 Å². The Kier molecular flexibility index (Phi) is 3.00. The lowest BCUT2D eigenvalue weighted by atomic mass is 10.1. The van der Waals surface area contributed by atoms with Gasteiger partial charge in [0, 0.05) is 0 Å². The summed E-state index contributed by atoms with van der Waals surface area (Å²) >= 11 is 12.8. The van der Waals surface area contributed by atoms with Crippen LogP contribution in [-0.4, -0.2) is 21.9 Å². The van der Waals surface area contributed by atoms with Crippen molar-refractivity contribution in [2.75, 3.05) is 4.90 Å². The van der Waals surface area contributed by atoms with E-state index in [4.69, 9.17) is 23.2 Å². The Labute approximate surface area is 121 Å². The van der Waals surface area contributed by atoms with Gasteiger partial charge in [-0.1, -0.05) is 29.0 Å². The van der Waals surface area contributed by atoms with E-state index in [0.717, 1.165) is 11.3 Å². The first kappa shape index (κ1) is 12.5. The first-order valence-electron chi connectivity index (χ1n) is 5.20. The quantitative estimate of drug-likeness (QED) is 0.799. The molecule has 8 heteroatoms. The number of carbonyl (C=O) groups is 2. The summed E-state index contributed by atoms with van der Waals surface area (Å²) in [5.74, 6) is -1.22. The topological polar surface area (TPSA) is 63.2 Å². The van der Waals surface area contributed by atoms with E-state index in [-0.39, 0.29) is 17.1 Å². The van der Waals surface area contributed by atoms with Crippen molar-refractivity contribution >= 4 is 51.9 Å². The van der Waals surface area contributed by atoms with Crippen molar-refractivity contribution in [1.82, 2.24) is 10.2 Å². The standard InChI is InChI=1S/C11H5Cl2N3O2S/c12-5-2-1-3-6-8(5)9(17)10(18)16(6)4-7-14-15-11(13)19-7/h1-3H,4H2. The van der Waals surface area contributed by atoms with E-state index in [1.807, 2.05) is 0 Å². The first-order chi connectivity index (χ1) is 9.08. The molecule has 1 aliphatic rings. The van der Waals surface area contributed by atoms with E-state index < -0.39 is 11.7 Å². The van der Waals surface area contributed by atoms with Gasteiger partial charge in [-0.2, -0.15) is 0 Å². The number of halogens is 2. The molecule has 0 N–H and O–H groups in total. The molecule has 96 valence electrons. The highest BCUT2D eigenvalue weighted by molar-refractivity contribution is 7.15. The Morgan fingerprint density at radius 2 is 2.00 bits per heavy atom. The van der Waals surface area contributed by atoms with Crippen molar-refractivity contribution < 1.29 is 9.59 Å². The lowest BCUT2D eigenvalue weighted by Gasteiger charge is -2.14. The minimum atomic E-state index is -0.616. The van der Waals surface area contributed by atoms with Gasteiger partial charge in [-0.25, -0.2) is 0 Å². The molecule has 2 heterocycles. The highest BCUT2D eigenvalue weighted by Gasteiger charge is 2.37. The third-order valence-electron chi connectivity index (χ3n) is 2.68. The average molecular weight is 314 g/mol. The lowest BCUT2D eigenvalue weighted by molar-refractivity contribution is -0.114. The minimum absolute atomic E-state index is 0.155. The fourth-order valence-electron chi connectivity index (χ4n) is 1.89. The number of nitrogens with zero attached hydrogens (tertiary/aromatic N) is 3. The second-order valence-corrected chi connectivity index (χ2v) is 5.85. The predicted molar refractivity (Wildman–Crippen MR) is 71.9 cm³/mol. The molecule has 0 fully saturated rings. The summed E-state index contributed by atoms with van der Waals surface area (Å²) in [6, 6.07) is 4.94. The van der Waals surface area contributed by atoms with Gasteiger partial charge in [0.15, 0.2) is 0 Å². The van der Waals surface area contributed by atoms with Crippen LogP contribution >= 0.6 is 34.5 Å². The van der Waals surface area contributed by atoms with Crippen molar-refractivity contribution in [2.45, 2.75) is 6.54 Å². The molecular weight excluding hydrogens is 309 g/mol. The van der Waals surface area contributed by atoms with E-state index in [0.29, 0.717) is 15.2 Å². The van der Waals surface area contributed by atoms with E-state index >= 15 is 0 Å². The van der Waals surface area contributed by atoms with Crippen LogP contribution in [0, 0.1) is 0 Å². The molecule has 0 bridgehead atoms. The van der Waals surface area contributed by atoms with Crippen LogP contribution in [-0.2, 0) is 11.3 Å². The third-order valence-corrected chi connectivity index (χ3v) is 4.00. The summed E-state index contributed by atoms with van der Waals surface area (Å²) in [7, 11) is 0. The van der Waals surface area contributed by atoms with Gasteiger partial charge in [-0.15, -0.1) is 10.2 Å². The number of hydrogen-bond donors (Lipinski definition) is 0. The van der Waals surface area contributed by atoms with E-state index in [9.17, 15) is 9.59 Å². The summed E-state index contributed by atoms with van der Waals surface area (Å²) in [5, 5.41) is 8.32. The molecule has 1 amide bonds. The molecule has 1 aliphatic heterocycles. The zero-order chi connectivity index (χ0) is 13.6. The van der Waals surface area contributed by atoms with E-state index in [1.54, 1.807) is 18.2 Å². The number of carbonyl (C=O) groups excluding carboxylic acids is 2. The molecule has 0 saturated heterocycles. The zero-order valence-electron chi connectivity index (χ0n) is 9.26. The summed E-state index contributed by atoms with van der Waals surface area (Å²) < 4.78 is 0.291. The van der Waals surface area contributed by atoms with Crippen molar-refractivity contribution in [3.05, 3.63) is 38.3 Å². The largest absolute Gasteiger partial charge is 0.299 e. The summed E-state index contributed by atoms with van der Waals surface area (Å²) in [6.07, 6.45) is 0. The Morgan fingerprint density at radius 3 is 2.68 bits per heavy atom. The number of anilines is 1. The zero-order valence-corrected chi connectivity index (χ0v) is 11.6. The number of aromatic nitrogens is 2. The maximum atomic E-state index is 12.0. The molecule has 1 aromatic heterocycles. The summed E-state index contributed by atoms with van der Waals surface area (Å²) in [6.45, 7) is 0.155. The first-order valence-corrected chi connectivity index (χ1v) is 6.78. The maximum absolute atomic E-state index is 12.0. The molecule has 0 aliphatic carbocycles. The van der Waals surface area contributed by atoms with E-state index in [1.165, 1.54) is 4.90 Å². The SMILES string of the molecule is O=C1C(=O)N(Cc2nnc(Cl)s2)c2cccc(Cl)c21. The molecule has 0 spiro atoms. The van der Waals surface area contributed by atoms with Crippen LogP contribution in [0.25, 0.3) is 0 Å². The average Bonchev–Trinajstić information content (AvgIpc) is 2.88. The molecule has 0 saturated carbocycles. The van der Waals surface area contributed by atoms with Gasteiger partial charge < -0.3 is 0 Å². The predicted octanol–water partition coefficient (Wildman–Crippen LogP) is 2.57. The third kappa shape index (κ3) is 2.01. The van der Waals surface area contributed by atoms with Gasteiger partial charge >= 0.3 is 0 Å². The lowest BCUT2D eigenvalue weighted by Crippen LogP contribution is -2.29. The van der Waals surface area contributed by atoms with Crippen LogP contribution in [0.3, 0.4) is 0 Å². The van der Waals surface area contributed by atoms with Crippen molar-refractivity contribution in [3.8, 4) is 0 Å². The fraction of sp³-hybridized carbons (Fsp3) is 0.0909. The van der Waals surface area contributed by atoms with Crippen molar-refractivity contribution in [3.63, 3.8) is 0 Å². The molecule has 3 rings (SSSR count). The van der Waals surface area contributed by atoms with Crippen LogP contribution in [0.5, 0.6) is 0 Å². The van der Waals surface area contributed by atoms with E-state index in [2.05, 4.69) is 10.2 Å². The Balaban J connectivity index is 2.02. The van der Waals surface area contributed by atoms with Crippen LogP contribution in [0.2, 0.25) is 9.49 Å². The monoisotopic (exact) mass is 313 g/mol. The molecule has 19 heavy (non-hydrogen) atoms. The van der Waals surface area contributed by atoms with Crippen molar-refractivity contribution in [1.29, 1.82) is 0 Å². The molecule has 0 radical (unpaired) electrons. The number of amides is 1. The second kappa shape index (κ2) is 4.56. The van der Waals surface area contributed by atoms with Gasteiger partial charge in [0.05, 0.1) is 22.8 Å². The number of fused-ring (bicyclic) bond motifs is 1. The number of hydrogen-bond acceptors (Lipinski definition) is 5. The molecule has 1 aromatic carbocycles. The second-order valence-electron chi connectivity index (χ2n) is 3.80. The molecule has 2 aromatic rings. The van der Waals surface area contributed by atoms with Crippen LogP contribution in [0.1, 0.15) is 15.4 Å². The Morgan fingerprint density at radius 1 is 1.21 bits per heavy atom. The van der Waals surface area contributed by atoms with Crippen LogP contribution in [0.4, 0.5) is 5.69 Å². The van der Waals surface area contributed by atoms with Crippen LogP contribution < -0.4 is 4.90 Å². The summed E-state index contributed by atoms with van der Waals surface area (Å²) in [5.41, 5.74) is 0.735. The Bertz CT molecular complexity index is 701. The Hall–Kier alpha value is -1.50.